The molecule has 0 saturated carbocycles. The summed E-state index contributed by atoms with van der Waals surface area (Å²) in [7, 11) is 0. The van der Waals surface area contributed by atoms with Crippen molar-refractivity contribution in [3.63, 3.8) is 0 Å². The Labute approximate surface area is 121 Å². The van der Waals surface area contributed by atoms with Crippen molar-refractivity contribution in [1.82, 2.24) is 10.6 Å². The lowest BCUT2D eigenvalue weighted by Crippen LogP contribution is -2.49. The maximum atomic E-state index is 12.4. The van der Waals surface area contributed by atoms with Gasteiger partial charge in [0.25, 0.3) is 0 Å². The van der Waals surface area contributed by atoms with Crippen molar-refractivity contribution in [2.45, 2.75) is 44.4 Å². The van der Waals surface area contributed by atoms with E-state index in [1.807, 2.05) is 0 Å². The number of piperidine rings is 1. The van der Waals surface area contributed by atoms with E-state index in [-0.39, 0.29) is 18.4 Å². The van der Waals surface area contributed by atoms with Gasteiger partial charge in [-0.1, -0.05) is 12.1 Å². The van der Waals surface area contributed by atoms with Crippen molar-refractivity contribution >= 4 is 5.91 Å². The zero-order chi connectivity index (χ0) is 15.5. The van der Waals surface area contributed by atoms with Gasteiger partial charge in [0, 0.05) is 18.6 Å². The van der Waals surface area contributed by atoms with Gasteiger partial charge in [0.15, 0.2) is 0 Å². The van der Waals surface area contributed by atoms with Gasteiger partial charge < -0.3 is 10.6 Å². The van der Waals surface area contributed by atoms with E-state index in [1.54, 1.807) is 0 Å². The number of amides is 1. The fraction of sp³-hybridized carbons (Fsp3) is 0.533. The lowest BCUT2D eigenvalue weighted by atomic mass is 10.0. The molecule has 0 spiro atoms. The molecule has 1 fully saturated rings. The normalized spacial score (nSPS) is 22.9. The van der Waals surface area contributed by atoms with Gasteiger partial charge in [-0.25, -0.2) is 0 Å². The van der Waals surface area contributed by atoms with E-state index >= 15 is 0 Å². The van der Waals surface area contributed by atoms with Crippen LogP contribution in [0.2, 0.25) is 0 Å². The predicted octanol–water partition coefficient (Wildman–Crippen LogP) is 2.50. The second kappa shape index (κ2) is 6.47. The van der Waals surface area contributed by atoms with Crippen molar-refractivity contribution in [3.8, 4) is 0 Å². The van der Waals surface area contributed by atoms with Gasteiger partial charge in [-0.3, -0.25) is 4.79 Å². The number of alkyl halides is 3. The minimum absolute atomic E-state index is 0.100. The topological polar surface area (TPSA) is 41.1 Å². The van der Waals surface area contributed by atoms with Crippen LogP contribution in [0.15, 0.2) is 24.3 Å². The Morgan fingerprint density at radius 2 is 1.95 bits per heavy atom. The summed E-state index contributed by atoms with van der Waals surface area (Å²) >= 11 is 0. The van der Waals surface area contributed by atoms with Crippen LogP contribution in [0.25, 0.3) is 0 Å². The Bertz CT molecular complexity index is 477. The average Bonchev–Trinajstić information content (AvgIpc) is 2.41. The third-order valence-corrected chi connectivity index (χ3v) is 3.67. The smallest absolute Gasteiger partial charge is 0.352 e. The number of hydrogen-bond donors (Lipinski definition) is 2. The SMILES string of the molecule is CC1CCC(NC(=O)Cc2ccc(C(F)(F)F)cc2)CN1. The first kappa shape index (κ1) is 15.8. The van der Waals surface area contributed by atoms with E-state index in [9.17, 15) is 18.0 Å². The number of hydrogen-bond acceptors (Lipinski definition) is 2. The standard InChI is InChI=1S/C15H19F3N2O/c1-10-2-7-13(9-19-10)20-14(21)8-11-3-5-12(6-4-11)15(16,17)18/h3-6,10,13,19H,2,7-9H2,1H3,(H,20,21). The monoisotopic (exact) mass is 300 g/mol. The molecule has 1 saturated heterocycles. The Kier molecular flexibility index (Phi) is 4.88. The number of halogens is 3. The summed E-state index contributed by atoms with van der Waals surface area (Å²) in [6.45, 7) is 2.83. The third-order valence-electron chi connectivity index (χ3n) is 3.67. The van der Waals surface area contributed by atoms with Crippen LogP contribution in [0.4, 0.5) is 13.2 Å². The first-order valence-electron chi connectivity index (χ1n) is 7.03. The number of carbonyl (C=O) groups is 1. The molecule has 2 atom stereocenters. The molecule has 1 aromatic rings. The third kappa shape index (κ3) is 4.74. The molecule has 1 amide bonds. The highest BCUT2D eigenvalue weighted by atomic mass is 19.4. The molecule has 1 aromatic carbocycles. The minimum Gasteiger partial charge on any atom is -0.352 e. The fourth-order valence-corrected chi connectivity index (χ4v) is 2.40. The molecule has 2 unspecified atom stereocenters. The molecule has 1 aliphatic rings. The summed E-state index contributed by atoms with van der Waals surface area (Å²) in [4.78, 5) is 11.9. The van der Waals surface area contributed by atoms with Crippen LogP contribution in [0.5, 0.6) is 0 Å². The highest BCUT2D eigenvalue weighted by Crippen LogP contribution is 2.29. The molecule has 116 valence electrons. The lowest BCUT2D eigenvalue weighted by Gasteiger charge is -2.28. The summed E-state index contributed by atoms with van der Waals surface area (Å²) < 4.78 is 37.3. The molecular weight excluding hydrogens is 281 g/mol. The number of nitrogens with one attached hydrogen (secondary N) is 2. The van der Waals surface area contributed by atoms with Gasteiger partial charge in [-0.2, -0.15) is 13.2 Å². The van der Waals surface area contributed by atoms with Crippen LogP contribution in [-0.2, 0) is 17.4 Å². The first-order chi connectivity index (χ1) is 9.84. The van der Waals surface area contributed by atoms with Crippen LogP contribution in [0.3, 0.4) is 0 Å². The molecule has 2 N–H and O–H groups in total. The summed E-state index contributed by atoms with van der Waals surface area (Å²) in [6.07, 6.45) is -2.31. The quantitative estimate of drug-likeness (QED) is 0.900. The van der Waals surface area contributed by atoms with Crippen LogP contribution in [0.1, 0.15) is 30.9 Å². The molecule has 6 heteroatoms. The van der Waals surface area contributed by atoms with Crippen molar-refractivity contribution in [2.24, 2.45) is 0 Å². The summed E-state index contributed by atoms with van der Waals surface area (Å²) in [5.74, 6) is -0.156. The van der Waals surface area contributed by atoms with Crippen LogP contribution in [-0.4, -0.2) is 24.5 Å². The number of carbonyl (C=O) groups excluding carboxylic acids is 1. The number of benzene rings is 1. The Hall–Kier alpha value is -1.56. The Morgan fingerprint density at radius 3 is 2.48 bits per heavy atom. The van der Waals surface area contributed by atoms with E-state index in [4.69, 9.17) is 0 Å². The van der Waals surface area contributed by atoms with Gasteiger partial charge in [-0.05, 0) is 37.5 Å². The van der Waals surface area contributed by atoms with Crippen molar-refractivity contribution in [1.29, 1.82) is 0 Å². The Morgan fingerprint density at radius 1 is 1.29 bits per heavy atom. The van der Waals surface area contributed by atoms with Gasteiger partial charge in [0.2, 0.25) is 5.91 Å². The zero-order valence-electron chi connectivity index (χ0n) is 11.8. The summed E-state index contributed by atoms with van der Waals surface area (Å²) in [5.41, 5.74) is -0.116. The van der Waals surface area contributed by atoms with E-state index in [0.717, 1.165) is 31.5 Å². The second-order valence-corrected chi connectivity index (χ2v) is 5.52. The first-order valence-corrected chi connectivity index (χ1v) is 7.03. The molecule has 1 heterocycles. The maximum absolute atomic E-state index is 12.4. The second-order valence-electron chi connectivity index (χ2n) is 5.52. The molecule has 0 aliphatic carbocycles. The van der Waals surface area contributed by atoms with Crippen LogP contribution >= 0.6 is 0 Å². The summed E-state index contributed by atoms with van der Waals surface area (Å²) in [5, 5.41) is 6.19. The zero-order valence-corrected chi connectivity index (χ0v) is 11.8. The fourth-order valence-electron chi connectivity index (χ4n) is 2.40. The molecule has 3 nitrogen and oxygen atoms in total. The average molecular weight is 300 g/mol. The lowest BCUT2D eigenvalue weighted by molar-refractivity contribution is -0.137. The van der Waals surface area contributed by atoms with Gasteiger partial charge >= 0.3 is 6.18 Å². The Balaban J connectivity index is 1.85. The van der Waals surface area contributed by atoms with E-state index in [1.165, 1.54) is 12.1 Å². The van der Waals surface area contributed by atoms with Crippen molar-refractivity contribution < 1.29 is 18.0 Å². The van der Waals surface area contributed by atoms with Gasteiger partial charge in [-0.15, -0.1) is 0 Å². The summed E-state index contributed by atoms with van der Waals surface area (Å²) in [6, 6.07) is 5.28. The highest BCUT2D eigenvalue weighted by Gasteiger charge is 2.30. The molecule has 0 radical (unpaired) electrons. The largest absolute Gasteiger partial charge is 0.416 e. The molecule has 2 rings (SSSR count). The van der Waals surface area contributed by atoms with Gasteiger partial charge in [0.05, 0.1) is 12.0 Å². The van der Waals surface area contributed by atoms with Crippen LogP contribution < -0.4 is 10.6 Å². The molecule has 1 aliphatic heterocycles. The van der Waals surface area contributed by atoms with E-state index < -0.39 is 11.7 Å². The predicted molar refractivity (Wildman–Crippen MR) is 73.8 cm³/mol. The molecular formula is C15H19F3N2O. The van der Waals surface area contributed by atoms with Gasteiger partial charge in [0.1, 0.15) is 0 Å². The molecule has 21 heavy (non-hydrogen) atoms. The number of rotatable bonds is 3. The van der Waals surface area contributed by atoms with Crippen molar-refractivity contribution in [3.05, 3.63) is 35.4 Å². The van der Waals surface area contributed by atoms with Crippen molar-refractivity contribution in [2.75, 3.05) is 6.54 Å². The maximum Gasteiger partial charge on any atom is 0.416 e. The van der Waals surface area contributed by atoms with E-state index in [2.05, 4.69) is 17.6 Å². The molecule has 0 bridgehead atoms. The highest BCUT2D eigenvalue weighted by molar-refractivity contribution is 5.78. The van der Waals surface area contributed by atoms with E-state index in [0.29, 0.717) is 11.6 Å². The molecule has 0 aromatic heterocycles. The van der Waals surface area contributed by atoms with Crippen LogP contribution in [0, 0.1) is 0 Å². The minimum atomic E-state index is -4.34.